The van der Waals surface area contributed by atoms with Crippen molar-refractivity contribution in [3.63, 3.8) is 0 Å². The zero-order valence-electron chi connectivity index (χ0n) is 20.2. The van der Waals surface area contributed by atoms with E-state index in [1.54, 1.807) is 18.2 Å². The lowest BCUT2D eigenvalue weighted by atomic mass is 9.98. The molecule has 2 fully saturated rings. The Labute approximate surface area is 209 Å². The Balaban J connectivity index is 1.33. The normalized spacial score (nSPS) is 17.2. The lowest BCUT2D eigenvalue weighted by molar-refractivity contribution is -0.137. The first-order chi connectivity index (χ1) is 17.4. The van der Waals surface area contributed by atoms with Crippen LogP contribution in [0.2, 0.25) is 0 Å². The molecule has 2 aromatic carbocycles. The Bertz CT molecular complexity index is 1150. The van der Waals surface area contributed by atoms with Crippen molar-refractivity contribution >= 4 is 23.1 Å². The summed E-state index contributed by atoms with van der Waals surface area (Å²) in [5.41, 5.74) is 1.57. The molecule has 0 bridgehead atoms. The molecule has 1 aromatic heterocycles. The van der Waals surface area contributed by atoms with Gasteiger partial charge in [-0.15, -0.1) is 0 Å². The average Bonchev–Trinajstić information content (AvgIpc) is 3.40. The maximum Gasteiger partial charge on any atom is 0.421 e. The number of anilines is 4. The van der Waals surface area contributed by atoms with Gasteiger partial charge in [0, 0.05) is 23.6 Å². The maximum absolute atomic E-state index is 13.7. The molecule has 2 N–H and O–H groups in total. The number of aromatic nitrogens is 2. The number of ether oxygens (including phenoxy) is 1. The van der Waals surface area contributed by atoms with Crippen LogP contribution in [0, 0.1) is 0 Å². The van der Waals surface area contributed by atoms with Crippen LogP contribution in [0.4, 0.5) is 36.3 Å². The van der Waals surface area contributed by atoms with Crippen molar-refractivity contribution in [2.45, 2.75) is 76.0 Å². The van der Waals surface area contributed by atoms with Crippen LogP contribution < -0.4 is 15.4 Å². The molecule has 0 amide bonds. The topological polar surface area (TPSA) is 59.1 Å². The van der Waals surface area contributed by atoms with Gasteiger partial charge in [0.2, 0.25) is 5.95 Å². The molecule has 190 valence electrons. The Morgan fingerprint density at radius 1 is 0.806 bits per heavy atom. The highest BCUT2D eigenvalue weighted by Crippen LogP contribution is 2.37. The van der Waals surface area contributed by atoms with E-state index in [0.29, 0.717) is 17.4 Å². The lowest BCUT2D eigenvalue weighted by Gasteiger charge is -2.23. The molecular formula is C28H31F3N4O. The molecule has 8 heteroatoms. The van der Waals surface area contributed by atoms with E-state index in [1.807, 2.05) is 18.2 Å². The van der Waals surface area contributed by atoms with Crippen molar-refractivity contribution in [1.29, 1.82) is 0 Å². The van der Waals surface area contributed by atoms with Crippen molar-refractivity contribution in [1.82, 2.24) is 9.97 Å². The van der Waals surface area contributed by atoms with Crippen LogP contribution in [0.3, 0.4) is 0 Å². The Morgan fingerprint density at radius 2 is 1.53 bits per heavy atom. The van der Waals surface area contributed by atoms with Crippen LogP contribution in [0.1, 0.15) is 74.8 Å². The van der Waals surface area contributed by atoms with E-state index in [0.717, 1.165) is 37.6 Å². The van der Waals surface area contributed by atoms with Crippen molar-refractivity contribution in [3.8, 4) is 5.75 Å². The number of hydrogen-bond donors (Lipinski definition) is 2. The molecule has 0 spiro atoms. The summed E-state index contributed by atoms with van der Waals surface area (Å²) in [6.07, 6.45) is 6.78. The first-order valence-corrected chi connectivity index (χ1v) is 12.8. The molecule has 36 heavy (non-hydrogen) atoms. The van der Waals surface area contributed by atoms with Gasteiger partial charge in [0.15, 0.2) is 0 Å². The number of halogens is 3. The molecule has 2 aliphatic carbocycles. The molecule has 0 radical (unpaired) electrons. The highest BCUT2D eigenvalue weighted by molar-refractivity contribution is 5.64. The van der Waals surface area contributed by atoms with Gasteiger partial charge in [-0.2, -0.15) is 18.2 Å². The second-order valence-electron chi connectivity index (χ2n) is 9.71. The fourth-order valence-corrected chi connectivity index (χ4v) is 5.13. The highest BCUT2D eigenvalue weighted by atomic mass is 19.4. The average molecular weight is 497 g/mol. The molecule has 5 nitrogen and oxygen atoms in total. The fourth-order valence-electron chi connectivity index (χ4n) is 5.13. The predicted octanol–water partition coefficient (Wildman–Crippen LogP) is 8.35. The largest absolute Gasteiger partial charge is 0.490 e. The number of benzene rings is 2. The maximum atomic E-state index is 13.7. The Hall–Kier alpha value is -3.29. The summed E-state index contributed by atoms with van der Waals surface area (Å²) in [6, 6.07) is 15.0. The third kappa shape index (κ3) is 6.09. The Kier molecular flexibility index (Phi) is 7.30. The summed E-state index contributed by atoms with van der Waals surface area (Å²) in [5.74, 6) is 1.01. The summed E-state index contributed by atoms with van der Waals surface area (Å²) in [4.78, 5) is 8.11. The summed E-state index contributed by atoms with van der Waals surface area (Å²) >= 11 is 0. The quantitative estimate of drug-likeness (QED) is 0.344. The van der Waals surface area contributed by atoms with Gasteiger partial charge in [-0.3, -0.25) is 0 Å². The smallest absolute Gasteiger partial charge is 0.421 e. The van der Waals surface area contributed by atoms with E-state index in [2.05, 4.69) is 32.7 Å². The second-order valence-corrected chi connectivity index (χ2v) is 9.71. The minimum Gasteiger partial charge on any atom is -0.490 e. The summed E-state index contributed by atoms with van der Waals surface area (Å²) in [7, 11) is 0. The van der Waals surface area contributed by atoms with Crippen molar-refractivity contribution < 1.29 is 17.9 Å². The minimum atomic E-state index is -4.60. The van der Waals surface area contributed by atoms with Gasteiger partial charge in [-0.25, -0.2) is 4.98 Å². The van der Waals surface area contributed by atoms with E-state index in [4.69, 9.17) is 4.74 Å². The van der Waals surface area contributed by atoms with E-state index in [1.165, 1.54) is 37.7 Å². The van der Waals surface area contributed by atoms with Gasteiger partial charge in [0.1, 0.15) is 17.1 Å². The highest BCUT2D eigenvalue weighted by Gasteiger charge is 2.35. The molecule has 0 unspecified atom stereocenters. The van der Waals surface area contributed by atoms with Gasteiger partial charge in [0.25, 0.3) is 0 Å². The Morgan fingerprint density at radius 3 is 2.25 bits per heavy atom. The summed E-state index contributed by atoms with van der Waals surface area (Å²) in [6.45, 7) is 0. The summed E-state index contributed by atoms with van der Waals surface area (Å²) in [5, 5.41) is 5.88. The van der Waals surface area contributed by atoms with E-state index >= 15 is 0 Å². The van der Waals surface area contributed by atoms with Crippen LogP contribution in [0.15, 0.2) is 54.7 Å². The van der Waals surface area contributed by atoms with Crippen LogP contribution in [0.25, 0.3) is 0 Å². The molecule has 0 atom stereocenters. The van der Waals surface area contributed by atoms with Gasteiger partial charge in [-0.05, 0) is 74.3 Å². The molecule has 1 heterocycles. The molecule has 5 rings (SSSR count). The molecule has 0 aliphatic heterocycles. The van der Waals surface area contributed by atoms with Crippen molar-refractivity contribution in [3.05, 3.63) is 65.9 Å². The zero-order chi connectivity index (χ0) is 25.0. The number of rotatable bonds is 7. The fraction of sp³-hybridized carbons (Fsp3) is 0.429. The molecule has 3 aromatic rings. The van der Waals surface area contributed by atoms with Gasteiger partial charge < -0.3 is 15.4 Å². The van der Waals surface area contributed by atoms with E-state index in [-0.39, 0.29) is 17.9 Å². The minimum absolute atomic E-state index is 0.0914. The van der Waals surface area contributed by atoms with Crippen LogP contribution in [-0.4, -0.2) is 16.1 Å². The molecule has 0 saturated heterocycles. The van der Waals surface area contributed by atoms with Crippen LogP contribution >= 0.6 is 0 Å². The van der Waals surface area contributed by atoms with Crippen molar-refractivity contribution in [2.24, 2.45) is 0 Å². The van der Waals surface area contributed by atoms with Crippen LogP contribution in [0.5, 0.6) is 5.75 Å². The number of hydrogen-bond acceptors (Lipinski definition) is 5. The number of nitrogens with one attached hydrogen (secondary N) is 2. The third-order valence-electron chi connectivity index (χ3n) is 7.04. The van der Waals surface area contributed by atoms with E-state index in [9.17, 15) is 13.2 Å². The molecule has 2 saturated carbocycles. The summed E-state index contributed by atoms with van der Waals surface area (Å²) < 4.78 is 47.2. The molecular weight excluding hydrogens is 465 g/mol. The second kappa shape index (κ2) is 10.8. The van der Waals surface area contributed by atoms with Gasteiger partial charge >= 0.3 is 6.18 Å². The van der Waals surface area contributed by atoms with Gasteiger partial charge in [0.05, 0.1) is 6.10 Å². The first kappa shape index (κ1) is 24.4. The van der Waals surface area contributed by atoms with Crippen molar-refractivity contribution in [2.75, 3.05) is 10.6 Å². The number of alkyl halides is 3. The SMILES string of the molecule is FC(F)(F)c1cnc(Nc2ccc(C3CCCC3)cc2)nc1Nc1cccc(OC2CCCCC2)c1. The monoisotopic (exact) mass is 496 g/mol. The number of nitrogens with zero attached hydrogens (tertiary/aromatic N) is 2. The first-order valence-electron chi connectivity index (χ1n) is 12.8. The standard InChI is InChI=1S/C28H31F3N4O/c29-28(30,31)25-18-32-27(34-21-15-13-20(14-16-21)19-7-4-5-8-19)35-26(25)33-22-9-6-12-24(17-22)36-23-10-2-1-3-11-23/h6,9,12-19,23H,1-5,7-8,10-11H2,(H2,32,33,34,35). The third-order valence-corrected chi connectivity index (χ3v) is 7.04. The van der Waals surface area contributed by atoms with Gasteiger partial charge in [-0.1, -0.05) is 37.5 Å². The lowest BCUT2D eigenvalue weighted by Crippen LogP contribution is -2.19. The van der Waals surface area contributed by atoms with E-state index < -0.39 is 11.7 Å². The predicted molar refractivity (Wildman–Crippen MR) is 135 cm³/mol. The molecule has 2 aliphatic rings. The zero-order valence-corrected chi connectivity index (χ0v) is 20.2. The van der Waals surface area contributed by atoms with Crippen LogP contribution in [-0.2, 0) is 6.18 Å².